The number of ether oxygens (including phenoxy) is 1. The summed E-state index contributed by atoms with van der Waals surface area (Å²) in [5.74, 6) is 0.345. The fraction of sp³-hybridized carbons (Fsp3) is 0.500. The predicted molar refractivity (Wildman–Crippen MR) is 65.8 cm³/mol. The van der Waals surface area contributed by atoms with Crippen LogP contribution in [0.2, 0.25) is 0 Å². The van der Waals surface area contributed by atoms with Gasteiger partial charge in [0.1, 0.15) is 11.1 Å². The molecule has 19 heavy (non-hydrogen) atoms. The highest BCUT2D eigenvalue weighted by molar-refractivity contribution is 7.80. The zero-order valence-electron chi connectivity index (χ0n) is 9.72. The lowest BCUT2D eigenvalue weighted by atomic mass is 10.2. The Kier molecular flexibility index (Phi) is 3.85. The number of hydrogen-bond acceptors (Lipinski definition) is 5. The van der Waals surface area contributed by atoms with Crippen molar-refractivity contribution in [3.8, 4) is 0 Å². The fourth-order valence-corrected chi connectivity index (χ4v) is 1.82. The zero-order chi connectivity index (χ0) is 14.0. The van der Waals surface area contributed by atoms with Gasteiger partial charge in [-0.3, -0.25) is 0 Å². The van der Waals surface area contributed by atoms with E-state index < -0.39 is 18.0 Å². The molecule has 1 aromatic heterocycles. The molecule has 0 bridgehead atoms. The van der Waals surface area contributed by atoms with E-state index in [9.17, 15) is 13.2 Å². The normalized spacial score (nSPS) is 20.4. The second-order valence-electron chi connectivity index (χ2n) is 3.98. The molecule has 104 valence electrons. The minimum absolute atomic E-state index is 0.213. The minimum atomic E-state index is -4.49. The molecule has 1 saturated heterocycles. The van der Waals surface area contributed by atoms with Crippen LogP contribution in [-0.2, 0) is 10.9 Å². The molecular weight excluding hydrogens is 281 g/mol. The maximum Gasteiger partial charge on any atom is 0.435 e. The van der Waals surface area contributed by atoms with Crippen molar-refractivity contribution in [2.24, 2.45) is 5.73 Å². The zero-order valence-corrected chi connectivity index (χ0v) is 10.5. The Hall–Kier alpha value is -1.48. The third-order valence-corrected chi connectivity index (χ3v) is 2.91. The van der Waals surface area contributed by atoms with Crippen LogP contribution in [0.4, 0.5) is 19.0 Å². The van der Waals surface area contributed by atoms with Crippen LogP contribution in [0.1, 0.15) is 5.69 Å². The Balaban J connectivity index is 2.12. The van der Waals surface area contributed by atoms with Crippen molar-refractivity contribution in [2.45, 2.75) is 12.3 Å². The smallest absolute Gasteiger partial charge is 0.391 e. The first-order chi connectivity index (χ1) is 8.88. The molecule has 9 heteroatoms. The third kappa shape index (κ3) is 3.29. The van der Waals surface area contributed by atoms with Crippen LogP contribution >= 0.6 is 12.2 Å². The average Bonchev–Trinajstić information content (AvgIpc) is 2.38. The monoisotopic (exact) mass is 292 g/mol. The van der Waals surface area contributed by atoms with Gasteiger partial charge in [-0.1, -0.05) is 12.2 Å². The number of halogens is 3. The number of hydrogen-bond donors (Lipinski definition) is 1. The summed E-state index contributed by atoms with van der Waals surface area (Å²) in [7, 11) is 0. The Morgan fingerprint density at radius 3 is 2.68 bits per heavy atom. The van der Waals surface area contributed by atoms with Crippen molar-refractivity contribution < 1.29 is 17.9 Å². The molecular formula is C10H11F3N4OS. The van der Waals surface area contributed by atoms with Gasteiger partial charge in [-0.25, -0.2) is 0 Å². The Bertz CT molecular complexity index is 465. The topological polar surface area (TPSA) is 64.3 Å². The second kappa shape index (κ2) is 5.25. The van der Waals surface area contributed by atoms with E-state index in [0.717, 1.165) is 6.07 Å². The van der Waals surface area contributed by atoms with Crippen molar-refractivity contribution in [1.29, 1.82) is 0 Å². The van der Waals surface area contributed by atoms with Crippen LogP contribution in [0.3, 0.4) is 0 Å². The average molecular weight is 292 g/mol. The van der Waals surface area contributed by atoms with Gasteiger partial charge in [-0.2, -0.15) is 13.2 Å². The number of morpholine rings is 1. The van der Waals surface area contributed by atoms with E-state index >= 15 is 0 Å². The molecule has 1 fully saturated rings. The van der Waals surface area contributed by atoms with E-state index in [-0.39, 0.29) is 4.99 Å². The van der Waals surface area contributed by atoms with E-state index in [0.29, 0.717) is 25.5 Å². The molecule has 0 radical (unpaired) electrons. The minimum Gasteiger partial charge on any atom is -0.391 e. The van der Waals surface area contributed by atoms with Crippen molar-refractivity contribution in [3.05, 3.63) is 17.8 Å². The Labute approximate surface area is 112 Å². The maximum atomic E-state index is 12.4. The molecule has 0 aromatic carbocycles. The molecule has 2 rings (SSSR count). The molecule has 2 heterocycles. The Morgan fingerprint density at radius 2 is 2.16 bits per heavy atom. The van der Waals surface area contributed by atoms with Crippen molar-refractivity contribution >= 4 is 23.0 Å². The van der Waals surface area contributed by atoms with Crippen molar-refractivity contribution in [1.82, 2.24) is 10.2 Å². The fourth-order valence-electron chi connectivity index (χ4n) is 1.67. The summed E-state index contributed by atoms with van der Waals surface area (Å²) < 4.78 is 42.4. The number of rotatable bonds is 2. The molecule has 5 nitrogen and oxygen atoms in total. The van der Waals surface area contributed by atoms with Gasteiger partial charge in [0.25, 0.3) is 0 Å². The summed E-state index contributed by atoms with van der Waals surface area (Å²) in [6.45, 7) is 1.24. The summed E-state index contributed by atoms with van der Waals surface area (Å²) in [5, 5.41) is 6.75. The van der Waals surface area contributed by atoms with E-state index in [4.69, 9.17) is 22.7 Å². The molecule has 1 atom stereocenters. The standard InChI is InChI=1S/C10H11F3N4OS/c11-10(12,13)7-1-2-8(16-15-7)17-3-4-18-6(5-17)9(14)19/h1-2,6H,3-5H2,(H2,14,19). The highest BCUT2D eigenvalue weighted by Gasteiger charge is 2.33. The summed E-state index contributed by atoms with van der Waals surface area (Å²) in [6.07, 6.45) is -4.91. The first-order valence-electron chi connectivity index (χ1n) is 5.45. The van der Waals surface area contributed by atoms with Gasteiger partial charge < -0.3 is 15.4 Å². The quantitative estimate of drug-likeness (QED) is 0.820. The van der Waals surface area contributed by atoms with Gasteiger partial charge in [0.2, 0.25) is 0 Å². The van der Waals surface area contributed by atoms with Gasteiger partial charge in [-0.05, 0) is 12.1 Å². The van der Waals surface area contributed by atoms with Crippen LogP contribution in [-0.4, -0.2) is 41.0 Å². The summed E-state index contributed by atoms with van der Waals surface area (Å²) >= 11 is 4.83. The van der Waals surface area contributed by atoms with Crippen molar-refractivity contribution in [2.75, 3.05) is 24.6 Å². The summed E-state index contributed by atoms with van der Waals surface area (Å²) in [4.78, 5) is 1.95. The number of alkyl halides is 3. The molecule has 0 aliphatic carbocycles. The predicted octanol–water partition coefficient (Wildman–Crippen LogP) is 0.987. The summed E-state index contributed by atoms with van der Waals surface area (Å²) in [5.41, 5.74) is 4.47. The van der Waals surface area contributed by atoms with Gasteiger partial charge in [-0.15, -0.1) is 10.2 Å². The maximum absolute atomic E-state index is 12.4. The van der Waals surface area contributed by atoms with Gasteiger partial charge >= 0.3 is 6.18 Å². The highest BCUT2D eigenvalue weighted by atomic mass is 32.1. The number of aromatic nitrogens is 2. The number of thiocarbonyl (C=S) groups is 1. The lowest BCUT2D eigenvalue weighted by Gasteiger charge is -2.32. The first-order valence-corrected chi connectivity index (χ1v) is 5.85. The van der Waals surface area contributed by atoms with Crippen LogP contribution in [0, 0.1) is 0 Å². The molecule has 0 amide bonds. The third-order valence-electron chi connectivity index (χ3n) is 2.65. The van der Waals surface area contributed by atoms with Crippen molar-refractivity contribution in [3.63, 3.8) is 0 Å². The van der Waals surface area contributed by atoms with Crippen LogP contribution < -0.4 is 10.6 Å². The molecule has 1 unspecified atom stereocenters. The number of anilines is 1. The van der Waals surface area contributed by atoms with E-state index in [1.807, 2.05) is 0 Å². The van der Waals surface area contributed by atoms with E-state index in [2.05, 4.69) is 10.2 Å². The second-order valence-corrected chi connectivity index (χ2v) is 4.45. The van der Waals surface area contributed by atoms with Crippen LogP contribution in [0.15, 0.2) is 12.1 Å². The van der Waals surface area contributed by atoms with E-state index in [1.54, 1.807) is 4.90 Å². The van der Waals surface area contributed by atoms with Gasteiger partial charge in [0, 0.05) is 6.54 Å². The largest absolute Gasteiger partial charge is 0.435 e. The van der Waals surface area contributed by atoms with Gasteiger partial charge in [0.15, 0.2) is 11.5 Å². The Morgan fingerprint density at radius 1 is 1.42 bits per heavy atom. The molecule has 0 saturated carbocycles. The lowest BCUT2D eigenvalue weighted by molar-refractivity contribution is -0.141. The molecule has 2 N–H and O–H groups in total. The van der Waals surface area contributed by atoms with Crippen LogP contribution in [0.25, 0.3) is 0 Å². The SMILES string of the molecule is NC(=S)C1CN(c2ccc(C(F)(F)F)nn2)CCO1. The van der Waals surface area contributed by atoms with E-state index in [1.165, 1.54) is 6.07 Å². The molecule has 0 spiro atoms. The number of nitrogens with zero attached hydrogens (tertiary/aromatic N) is 3. The number of nitrogens with two attached hydrogens (primary N) is 1. The van der Waals surface area contributed by atoms with Gasteiger partial charge in [0.05, 0.1) is 13.2 Å². The molecule has 1 aliphatic heterocycles. The first kappa shape index (κ1) is 13.9. The summed E-state index contributed by atoms with van der Waals surface area (Å²) in [6, 6.07) is 2.17. The van der Waals surface area contributed by atoms with Crippen LogP contribution in [0.5, 0.6) is 0 Å². The lowest BCUT2D eigenvalue weighted by Crippen LogP contribution is -2.48. The molecule has 1 aromatic rings. The highest BCUT2D eigenvalue weighted by Crippen LogP contribution is 2.27. The molecule has 1 aliphatic rings.